The number of esters is 1. The van der Waals surface area contributed by atoms with E-state index in [0.717, 1.165) is 36.1 Å². The van der Waals surface area contributed by atoms with Crippen LogP contribution >= 0.6 is 0 Å². The lowest BCUT2D eigenvalue weighted by atomic mass is 9.96. The maximum Gasteiger partial charge on any atom is 0.306 e. The molecule has 194 valence electrons. The van der Waals surface area contributed by atoms with Crippen LogP contribution in [0.2, 0.25) is 0 Å². The van der Waals surface area contributed by atoms with Gasteiger partial charge in [0.05, 0.1) is 13.0 Å². The highest BCUT2D eigenvalue weighted by Crippen LogP contribution is 2.44. The fraction of sp³-hybridized carbons (Fsp3) is 0.355. The third-order valence-electron chi connectivity index (χ3n) is 6.89. The predicted molar refractivity (Wildman–Crippen MR) is 146 cm³/mol. The molecule has 1 amide bonds. The van der Waals surface area contributed by atoms with Gasteiger partial charge in [0.2, 0.25) is 5.91 Å². The first kappa shape index (κ1) is 25.2. The van der Waals surface area contributed by atoms with Crippen molar-refractivity contribution in [2.75, 3.05) is 25.0 Å². The van der Waals surface area contributed by atoms with Gasteiger partial charge in [-0.1, -0.05) is 74.0 Å². The lowest BCUT2D eigenvalue weighted by molar-refractivity contribution is -0.146. The Balaban J connectivity index is 1.37. The summed E-state index contributed by atoms with van der Waals surface area (Å²) in [4.78, 5) is 26.1. The van der Waals surface area contributed by atoms with Gasteiger partial charge in [-0.3, -0.25) is 9.59 Å². The maximum atomic E-state index is 13.1. The summed E-state index contributed by atoms with van der Waals surface area (Å²) in [5.41, 5.74) is 6.05. The smallest absolute Gasteiger partial charge is 0.306 e. The van der Waals surface area contributed by atoms with Crippen LogP contribution in [0, 0.1) is 5.92 Å². The molecule has 6 nitrogen and oxygen atoms in total. The summed E-state index contributed by atoms with van der Waals surface area (Å²) in [6.45, 7) is 1.93. The van der Waals surface area contributed by atoms with E-state index in [1.54, 1.807) is 24.3 Å². The Morgan fingerprint density at radius 1 is 0.973 bits per heavy atom. The molecule has 3 aromatic rings. The normalized spacial score (nSPS) is 13.4. The minimum absolute atomic E-state index is 0.0106. The van der Waals surface area contributed by atoms with E-state index in [1.807, 2.05) is 24.3 Å². The first-order valence-corrected chi connectivity index (χ1v) is 12.9. The molecule has 0 fully saturated rings. The molecule has 0 radical (unpaired) electrons. The molecule has 0 saturated heterocycles. The van der Waals surface area contributed by atoms with E-state index < -0.39 is 5.92 Å². The molecule has 37 heavy (non-hydrogen) atoms. The number of nitrogens with one attached hydrogen (secondary N) is 2. The number of ether oxygens (including phenoxy) is 1. The fourth-order valence-electron chi connectivity index (χ4n) is 4.91. The summed E-state index contributed by atoms with van der Waals surface area (Å²) >= 11 is 0. The molecule has 0 aliphatic heterocycles. The van der Waals surface area contributed by atoms with E-state index in [-0.39, 0.29) is 37.4 Å². The topological polar surface area (TPSA) is 87.7 Å². The molecule has 1 atom stereocenters. The van der Waals surface area contributed by atoms with Gasteiger partial charge in [-0.2, -0.15) is 0 Å². The van der Waals surface area contributed by atoms with E-state index in [1.165, 1.54) is 11.1 Å². The second-order valence-corrected chi connectivity index (χ2v) is 9.40. The second kappa shape index (κ2) is 13.2. The molecule has 3 aromatic carbocycles. The molecule has 0 bridgehead atoms. The van der Waals surface area contributed by atoms with Crippen LogP contribution in [0.15, 0.2) is 72.8 Å². The number of hydrogen-bond acceptors (Lipinski definition) is 5. The molecular formula is C31H36N2O4. The van der Waals surface area contributed by atoms with Gasteiger partial charge in [0.1, 0.15) is 6.61 Å². The van der Waals surface area contributed by atoms with Crippen molar-refractivity contribution in [1.82, 2.24) is 5.32 Å². The van der Waals surface area contributed by atoms with Crippen LogP contribution in [-0.4, -0.2) is 36.7 Å². The highest BCUT2D eigenvalue weighted by atomic mass is 16.5. The Bertz CT molecular complexity index is 1170. The number of carbonyl (C=O) groups is 2. The van der Waals surface area contributed by atoms with Crippen molar-refractivity contribution in [2.24, 2.45) is 5.92 Å². The number of hydrogen-bond donors (Lipinski definition) is 3. The molecule has 0 heterocycles. The number of benzene rings is 3. The van der Waals surface area contributed by atoms with Gasteiger partial charge in [-0.05, 0) is 65.9 Å². The van der Waals surface area contributed by atoms with Gasteiger partial charge in [-0.25, -0.2) is 0 Å². The molecule has 0 saturated carbocycles. The zero-order valence-corrected chi connectivity index (χ0v) is 21.1. The van der Waals surface area contributed by atoms with E-state index in [9.17, 15) is 14.7 Å². The summed E-state index contributed by atoms with van der Waals surface area (Å²) in [6, 6.07) is 23.4. The van der Waals surface area contributed by atoms with E-state index >= 15 is 0 Å². The third kappa shape index (κ3) is 6.85. The average molecular weight is 503 g/mol. The van der Waals surface area contributed by atoms with Crippen molar-refractivity contribution in [3.63, 3.8) is 0 Å². The number of amides is 1. The highest BCUT2D eigenvalue weighted by molar-refractivity contribution is 5.94. The van der Waals surface area contributed by atoms with Crippen molar-refractivity contribution < 1.29 is 20.8 Å². The van der Waals surface area contributed by atoms with E-state index in [4.69, 9.17) is 6.11 Å². The quantitative estimate of drug-likeness (QED) is 0.219. The van der Waals surface area contributed by atoms with Gasteiger partial charge >= 0.3 is 5.97 Å². The summed E-state index contributed by atoms with van der Waals surface area (Å²) < 4.78 is 13.0. The lowest BCUT2D eigenvalue weighted by Gasteiger charge is -2.18. The maximum absolute atomic E-state index is 13.1. The Morgan fingerprint density at radius 3 is 2.30 bits per heavy atom. The largest absolute Gasteiger partial charge is 0.465 e. The van der Waals surface area contributed by atoms with Crippen molar-refractivity contribution in [2.45, 2.75) is 45.1 Å². The highest BCUT2D eigenvalue weighted by Gasteiger charge is 2.30. The van der Waals surface area contributed by atoms with Crippen LogP contribution < -0.4 is 10.6 Å². The van der Waals surface area contributed by atoms with Gasteiger partial charge < -0.3 is 20.5 Å². The zero-order chi connectivity index (χ0) is 26.7. The summed E-state index contributed by atoms with van der Waals surface area (Å²) in [7, 11) is 0. The predicted octanol–water partition coefficient (Wildman–Crippen LogP) is 5.26. The number of carbonyl (C=O) groups excluding carboxylic acids is 2. The molecule has 1 aliphatic carbocycles. The average Bonchev–Trinajstić information content (AvgIpc) is 3.27. The van der Waals surface area contributed by atoms with Crippen LogP contribution in [-0.2, 0) is 20.9 Å². The van der Waals surface area contributed by atoms with E-state index in [0.29, 0.717) is 25.6 Å². The molecule has 1 aliphatic rings. The number of unbranched alkanes of at least 4 members (excludes halogenated alkanes) is 1. The van der Waals surface area contributed by atoms with Gasteiger partial charge in [0, 0.05) is 18.9 Å². The van der Waals surface area contributed by atoms with Crippen LogP contribution in [0.4, 0.5) is 5.69 Å². The van der Waals surface area contributed by atoms with Gasteiger partial charge in [0.15, 0.2) is 0 Å². The van der Waals surface area contributed by atoms with E-state index in [2.05, 4.69) is 34.9 Å². The Labute approximate surface area is 220 Å². The minimum atomic E-state index is -0.514. The molecule has 6 heteroatoms. The van der Waals surface area contributed by atoms with Gasteiger partial charge in [-0.15, -0.1) is 0 Å². The van der Waals surface area contributed by atoms with Crippen molar-refractivity contribution >= 4 is 17.6 Å². The summed E-state index contributed by atoms with van der Waals surface area (Å²) in [5, 5.41) is 15.4. The monoisotopic (exact) mass is 502 g/mol. The number of anilines is 1. The number of aliphatic hydroxyl groups excluding tert-OH is 1. The van der Waals surface area contributed by atoms with Crippen molar-refractivity contribution in [1.29, 1.82) is 0 Å². The molecule has 3 N–H and O–H groups in total. The Kier molecular flexibility index (Phi) is 8.97. The third-order valence-corrected chi connectivity index (χ3v) is 6.89. The standard InChI is InChI=1S/C31H36N2O4/c1-2-32-18-8-7-9-23(31(36)33-24-16-14-22(20-34)15-17-24)19-30(35)37-21-29-27-12-5-3-10-25(27)26-11-4-6-13-28(26)29/h3-6,10-17,23,29,32,34H,2,7-9,18-21H2,1H3,(H,33,36)/i1T. The Hall–Kier alpha value is -3.48. The molecule has 4 rings (SSSR count). The second-order valence-electron chi connectivity index (χ2n) is 9.40. The van der Waals surface area contributed by atoms with Crippen molar-refractivity contribution in [3.8, 4) is 11.1 Å². The molecular weight excluding hydrogens is 464 g/mol. The molecule has 0 spiro atoms. The summed E-state index contributed by atoms with van der Waals surface area (Å²) in [6.07, 6.45) is 2.22. The van der Waals surface area contributed by atoms with Crippen LogP contribution in [0.5, 0.6) is 0 Å². The first-order valence-electron chi connectivity index (χ1n) is 13.7. The van der Waals surface area contributed by atoms with Crippen LogP contribution in [0.1, 0.15) is 56.6 Å². The SMILES string of the molecule is [3H]CCNCCCCC(CC(=O)OCC1c2ccccc2-c2ccccc21)C(=O)Nc1ccc(CO)cc1. The molecule has 0 aromatic heterocycles. The number of fused-ring (bicyclic) bond motifs is 3. The zero-order valence-electron chi connectivity index (χ0n) is 22.1. The number of rotatable bonds is 13. The number of aliphatic hydroxyl groups is 1. The summed E-state index contributed by atoms with van der Waals surface area (Å²) in [5.74, 6) is -1.13. The van der Waals surface area contributed by atoms with Crippen LogP contribution in [0.3, 0.4) is 0 Å². The minimum Gasteiger partial charge on any atom is -0.465 e. The lowest BCUT2D eigenvalue weighted by Crippen LogP contribution is -2.27. The van der Waals surface area contributed by atoms with Crippen LogP contribution in [0.25, 0.3) is 11.1 Å². The Morgan fingerprint density at radius 2 is 1.65 bits per heavy atom. The molecule has 1 unspecified atom stereocenters. The van der Waals surface area contributed by atoms with Gasteiger partial charge in [0.25, 0.3) is 0 Å². The fourth-order valence-corrected chi connectivity index (χ4v) is 4.91. The first-order chi connectivity index (χ1) is 18.6. The van der Waals surface area contributed by atoms with Crippen molar-refractivity contribution in [3.05, 3.63) is 89.5 Å².